The van der Waals surface area contributed by atoms with Crippen molar-refractivity contribution in [3.63, 3.8) is 0 Å². The fourth-order valence-electron chi connectivity index (χ4n) is 1.66. The molecule has 1 heterocycles. The van der Waals surface area contributed by atoms with Crippen LogP contribution in [0.4, 0.5) is 4.39 Å². The molecule has 0 radical (unpaired) electrons. The first-order chi connectivity index (χ1) is 8.20. The van der Waals surface area contributed by atoms with Gasteiger partial charge in [-0.2, -0.15) is 0 Å². The van der Waals surface area contributed by atoms with Crippen molar-refractivity contribution in [2.45, 2.75) is 19.4 Å². The average molecular weight is 254 g/mol. The first kappa shape index (κ1) is 12.1. The van der Waals surface area contributed by atoms with E-state index in [2.05, 4.69) is 9.97 Å². The molecule has 0 aliphatic carbocycles. The van der Waals surface area contributed by atoms with E-state index in [1.807, 2.05) is 6.07 Å². The molecule has 0 aliphatic heterocycles. The summed E-state index contributed by atoms with van der Waals surface area (Å²) in [6, 6.07) is 6.71. The normalized spacial score (nSPS) is 10.8. The Morgan fingerprint density at radius 1 is 1.29 bits per heavy atom. The van der Waals surface area contributed by atoms with Gasteiger partial charge in [-0.15, -0.1) is 0 Å². The molecule has 0 saturated heterocycles. The van der Waals surface area contributed by atoms with Crippen molar-refractivity contribution in [2.75, 3.05) is 0 Å². The third-order valence-corrected chi connectivity index (χ3v) is 2.89. The van der Waals surface area contributed by atoms with Crippen molar-refractivity contribution < 1.29 is 4.39 Å². The van der Waals surface area contributed by atoms with Crippen LogP contribution in [0.3, 0.4) is 0 Å². The van der Waals surface area contributed by atoms with Crippen molar-refractivity contribution in [2.24, 2.45) is 5.73 Å². The Morgan fingerprint density at radius 2 is 2.06 bits per heavy atom. The molecule has 0 bridgehead atoms. The van der Waals surface area contributed by atoms with Gasteiger partial charge in [0.15, 0.2) is 0 Å². The Morgan fingerprint density at radius 3 is 2.71 bits per heavy atom. The van der Waals surface area contributed by atoms with E-state index in [9.17, 15) is 4.39 Å². The summed E-state index contributed by atoms with van der Waals surface area (Å²) in [5.41, 5.74) is 6.93. The summed E-state index contributed by atoms with van der Waals surface area (Å²) in [6.45, 7) is 0.319. The maximum atomic E-state index is 13.4. The van der Waals surface area contributed by atoms with Gasteiger partial charge in [-0.3, -0.25) is 0 Å². The molecule has 5 heteroatoms. The lowest BCUT2D eigenvalue weighted by molar-refractivity contribution is 0.608. The van der Waals surface area contributed by atoms with Gasteiger partial charge in [-0.25, -0.2) is 9.37 Å². The zero-order chi connectivity index (χ0) is 12.3. The Kier molecular flexibility index (Phi) is 3.76. The number of aromatic amines is 1. The molecule has 0 unspecified atom stereocenters. The lowest BCUT2D eigenvalue weighted by Crippen LogP contribution is -1.99. The van der Waals surface area contributed by atoms with E-state index < -0.39 is 0 Å². The number of hydrogen-bond donors (Lipinski definition) is 2. The van der Waals surface area contributed by atoms with Crippen LogP contribution in [0.15, 0.2) is 24.3 Å². The predicted molar refractivity (Wildman–Crippen MR) is 65.3 cm³/mol. The Hall–Kier alpha value is -1.39. The lowest BCUT2D eigenvalue weighted by Gasteiger charge is -2.01. The summed E-state index contributed by atoms with van der Waals surface area (Å²) < 4.78 is 13.4. The summed E-state index contributed by atoms with van der Waals surface area (Å²) in [7, 11) is 0. The number of nitrogens with one attached hydrogen (secondary N) is 1. The molecule has 3 nitrogen and oxygen atoms in total. The molecule has 0 atom stereocenters. The summed E-state index contributed by atoms with van der Waals surface area (Å²) >= 11 is 5.94. The van der Waals surface area contributed by atoms with Crippen LogP contribution < -0.4 is 5.73 Å². The summed E-state index contributed by atoms with van der Waals surface area (Å²) in [6.07, 6.45) is 1.20. The number of nitrogens with two attached hydrogens (primary N) is 1. The minimum Gasteiger partial charge on any atom is -0.343 e. The lowest BCUT2D eigenvalue weighted by atomic mass is 10.1. The van der Waals surface area contributed by atoms with Crippen molar-refractivity contribution in [3.8, 4) is 0 Å². The smallest absolute Gasteiger partial charge is 0.150 e. The molecular formula is C12H13ClFN3. The van der Waals surface area contributed by atoms with Gasteiger partial charge in [-0.05, 0) is 24.5 Å². The summed E-state index contributed by atoms with van der Waals surface area (Å²) in [4.78, 5) is 7.09. The highest BCUT2D eigenvalue weighted by Gasteiger charge is 2.08. The fourth-order valence-corrected chi connectivity index (χ4v) is 1.91. The molecule has 2 aromatic rings. The van der Waals surface area contributed by atoms with Gasteiger partial charge in [-0.1, -0.05) is 29.8 Å². The molecule has 2 rings (SSSR count). The van der Waals surface area contributed by atoms with Crippen molar-refractivity contribution in [3.05, 3.63) is 52.3 Å². The zero-order valence-corrected chi connectivity index (χ0v) is 9.97. The van der Waals surface area contributed by atoms with Crippen LogP contribution in [0.5, 0.6) is 0 Å². The Bertz CT molecular complexity index is 510. The zero-order valence-electron chi connectivity index (χ0n) is 9.21. The first-order valence-corrected chi connectivity index (χ1v) is 5.75. The molecule has 0 spiro atoms. The Balaban J connectivity index is 2.07. The second-order valence-electron chi connectivity index (χ2n) is 3.75. The van der Waals surface area contributed by atoms with Crippen LogP contribution in [-0.2, 0) is 19.4 Å². The number of aryl methyl sites for hydroxylation is 2. The largest absolute Gasteiger partial charge is 0.343 e. The number of nitrogens with zero attached hydrogens (tertiary/aromatic N) is 1. The molecule has 0 saturated carbocycles. The minimum atomic E-state index is -0.192. The molecule has 1 aromatic carbocycles. The van der Waals surface area contributed by atoms with Crippen LogP contribution >= 0.6 is 11.6 Å². The highest BCUT2D eigenvalue weighted by molar-refractivity contribution is 6.30. The molecule has 3 N–H and O–H groups in total. The molecular weight excluding hydrogens is 241 g/mol. The highest BCUT2D eigenvalue weighted by atomic mass is 35.5. The second-order valence-corrected chi connectivity index (χ2v) is 4.11. The van der Waals surface area contributed by atoms with E-state index >= 15 is 0 Å². The molecule has 17 heavy (non-hydrogen) atoms. The topological polar surface area (TPSA) is 54.7 Å². The second kappa shape index (κ2) is 5.29. The van der Waals surface area contributed by atoms with E-state index in [4.69, 9.17) is 17.3 Å². The van der Waals surface area contributed by atoms with Gasteiger partial charge in [0, 0.05) is 0 Å². The number of imidazole rings is 1. The highest BCUT2D eigenvalue weighted by Crippen LogP contribution is 2.16. The van der Waals surface area contributed by atoms with Crippen LogP contribution in [-0.4, -0.2) is 9.97 Å². The van der Waals surface area contributed by atoms with Crippen LogP contribution in [0.2, 0.25) is 5.15 Å². The van der Waals surface area contributed by atoms with Gasteiger partial charge in [0.25, 0.3) is 0 Å². The number of halogens is 2. The fraction of sp³-hybridized carbons (Fsp3) is 0.250. The predicted octanol–water partition coefficient (Wildman–Crippen LogP) is 2.45. The quantitative estimate of drug-likeness (QED) is 0.879. The van der Waals surface area contributed by atoms with E-state index in [0.717, 1.165) is 5.69 Å². The van der Waals surface area contributed by atoms with E-state index in [1.54, 1.807) is 12.1 Å². The van der Waals surface area contributed by atoms with Crippen molar-refractivity contribution in [1.82, 2.24) is 9.97 Å². The van der Waals surface area contributed by atoms with Crippen molar-refractivity contribution in [1.29, 1.82) is 0 Å². The standard InChI is InChI=1S/C12H13ClFN3/c13-12-10(16-11(7-15)17-12)6-5-8-3-1-2-4-9(8)14/h1-4H,5-7,15H2,(H,16,17). The van der Waals surface area contributed by atoms with Crippen LogP contribution in [0.25, 0.3) is 0 Å². The third-order valence-electron chi connectivity index (χ3n) is 2.57. The molecule has 0 fully saturated rings. The molecule has 90 valence electrons. The van der Waals surface area contributed by atoms with E-state index in [-0.39, 0.29) is 5.82 Å². The monoisotopic (exact) mass is 253 g/mol. The summed E-state index contributed by atoms with van der Waals surface area (Å²) in [5, 5.41) is 0.418. The molecule has 1 aromatic heterocycles. The number of rotatable bonds is 4. The molecule has 0 amide bonds. The minimum absolute atomic E-state index is 0.192. The first-order valence-electron chi connectivity index (χ1n) is 5.37. The van der Waals surface area contributed by atoms with Gasteiger partial charge in [0.2, 0.25) is 0 Å². The summed E-state index contributed by atoms with van der Waals surface area (Å²) in [5.74, 6) is 0.459. The maximum absolute atomic E-state index is 13.4. The van der Waals surface area contributed by atoms with Gasteiger partial charge >= 0.3 is 0 Å². The van der Waals surface area contributed by atoms with Crippen molar-refractivity contribution >= 4 is 11.6 Å². The number of aromatic nitrogens is 2. The van der Waals surface area contributed by atoms with Gasteiger partial charge < -0.3 is 10.7 Å². The van der Waals surface area contributed by atoms with Crippen LogP contribution in [0, 0.1) is 5.82 Å². The third kappa shape index (κ3) is 2.84. The Labute approximate surface area is 104 Å². The maximum Gasteiger partial charge on any atom is 0.150 e. The van der Waals surface area contributed by atoms with E-state index in [1.165, 1.54) is 6.07 Å². The number of hydrogen-bond acceptors (Lipinski definition) is 2. The SMILES string of the molecule is NCc1nc(Cl)c(CCc2ccccc2F)[nH]1. The number of benzene rings is 1. The average Bonchev–Trinajstić information content (AvgIpc) is 2.69. The number of H-pyrrole nitrogens is 1. The van der Waals surface area contributed by atoms with Gasteiger partial charge in [0.05, 0.1) is 12.2 Å². The van der Waals surface area contributed by atoms with Gasteiger partial charge in [0.1, 0.15) is 16.8 Å². The molecule has 0 aliphatic rings. The van der Waals surface area contributed by atoms with Crippen LogP contribution in [0.1, 0.15) is 17.1 Å². The van der Waals surface area contributed by atoms with E-state index in [0.29, 0.717) is 35.9 Å².